The van der Waals surface area contributed by atoms with Gasteiger partial charge in [0.2, 0.25) is 0 Å². The molecule has 1 aromatic rings. The average Bonchev–Trinajstić information content (AvgIpc) is 2.70. The van der Waals surface area contributed by atoms with Crippen LogP contribution in [-0.4, -0.2) is 25.9 Å². The van der Waals surface area contributed by atoms with Crippen LogP contribution in [0.25, 0.3) is 0 Å². The maximum Gasteiger partial charge on any atom is 0.415 e. The van der Waals surface area contributed by atoms with Crippen LogP contribution in [0, 0.1) is 0 Å². The monoisotopic (exact) mass is 219 g/mol. The van der Waals surface area contributed by atoms with Gasteiger partial charge in [0, 0.05) is 0 Å². The van der Waals surface area contributed by atoms with Crippen LogP contribution in [0.15, 0.2) is 36.9 Å². The zero-order valence-corrected chi connectivity index (χ0v) is 9.05. The normalized spacial score (nSPS) is 19.4. The zero-order valence-electron chi connectivity index (χ0n) is 9.05. The molecule has 0 N–H and O–H groups in total. The molecule has 0 radical (unpaired) electrons. The molecule has 2 rings (SSSR count). The van der Waals surface area contributed by atoms with Crippen LogP contribution >= 0.6 is 0 Å². The lowest BCUT2D eigenvalue weighted by Crippen LogP contribution is -2.31. The van der Waals surface area contributed by atoms with Crippen molar-refractivity contribution < 1.29 is 14.3 Å². The van der Waals surface area contributed by atoms with Gasteiger partial charge >= 0.3 is 6.09 Å². The lowest BCUT2D eigenvalue weighted by molar-refractivity contribution is 0.179. The quantitative estimate of drug-likeness (QED) is 0.731. The Balaban J connectivity index is 2.41. The lowest BCUT2D eigenvalue weighted by atomic mass is 10.2. The standard InChI is InChI=1S/C12H13NO3/c1-3-9-8-16-12(14)13(9)10-6-4-5-7-11(10)15-2/h3-7,9H,1,8H2,2H3/t9-/m1/s1. The topological polar surface area (TPSA) is 38.8 Å². The van der Waals surface area contributed by atoms with Crippen LogP contribution in [0.2, 0.25) is 0 Å². The van der Waals surface area contributed by atoms with Crippen LogP contribution in [-0.2, 0) is 4.74 Å². The van der Waals surface area contributed by atoms with E-state index in [2.05, 4.69) is 6.58 Å². The summed E-state index contributed by atoms with van der Waals surface area (Å²) in [7, 11) is 1.57. The summed E-state index contributed by atoms with van der Waals surface area (Å²) in [6.07, 6.45) is 1.33. The van der Waals surface area contributed by atoms with Crippen LogP contribution in [0.3, 0.4) is 0 Å². The molecule has 4 heteroatoms. The number of methoxy groups -OCH3 is 1. The number of hydrogen-bond donors (Lipinski definition) is 0. The Kier molecular flexibility index (Phi) is 2.81. The number of ether oxygens (including phenoxy) is 2. The fourth-order valence-corrected chi connectivity index (χ4v) is 1.72. The van der Waals surface area contributed by atoms with Crippen molar-refractivity contribution in [3.05, 3.63) is 36.9 Å². The van der Waals surface area contributed by atoms with Gasteiger partial charge in [0.25, 0.3) is 0 Å². The number of carbonyl (C=O) groups is 1. The van der Waals surface area contributed by atoms with Gasteiger partial charge in [-0.25, -0.2) is 4.79 Å². The molecule has 1 atom stereocenters. The fraction of sp³-hybridized carbons (Fsp3) is 0.250. The molecule has 1 heterocycles. The van der Waals surface area contributed by atoms with Gasteiger partial charge in [-0.2, -0.15) is 0 Å². The molecule has 1 amide bonds. The predicted octanol–water partition coefficient (Wildman–Crippen LogP) is 2.21. The molecule has 0 aromatic heterocycles. The van der Waals surface area contributed by atoms with Gasteiger partial charge in [-0.3, -0.25) is 4.90 Å². The summed E-state index contributed by atoms with van der Waals surface area (Å²) in [5.74, 6) is 0.646. The van der Waals surface area contributed by atoms with Gasteiger partial charge in [0.15, 0.2) is 0 Å². The Morgan fingerprint density at radius 3 is 3.00 bits per heavy atom. The van der Waals surface area contributed by atoms with E-state index in [9.17, 15) is 4.79 Å². The fourth-order valence-electron chi connectivity index (χ4n) is 1.72. The molecular formula is C12H13NO3. The van der Waals surface area contributed by atoms with Crippen molar-refractivity contribution in [2.24, 2.45) is 0 Å². The Bertz CT molecular complexity index is 416. The summed E-state index contributed by atoms with van der Waals surface area (Å²) in [5.41, 5.74) is 0.706. The van der Waals surface area contributed by atoms with E-state index in [1.807, 2.05) is 18.2 Å². The third kappa shape index (κ3) is 1.62. The SMILES string of the molecule is C=C[C@@H]1COC(=O)N1c1ccccc1OC. The molecule has 1 fully saturated rings. The van der Waals surface area contributed by atoms with E-state index in [1.165, 1.54) is 0 Å². The van der Waals surface area contributed by atoms with Gasteiger partial charge in [0.1, 0.15) is 12.4 Å². The molecule has 4 nitrogen and oxygen atoms in total. The second-order valence-corrected chi connectivity index (χ2v) is 3.42. The number of rotatable bonds is 3. The van der Waals surface area contributed by atoms with Crippen molar-refractivity contribution >= 4 is 11.8 Å². The van der Waals surface area contributed by atoms with Crippen molar-refractivity contribution in [2.75, 3.05) is 18.6 Å². The summed E-state index contributed by atoms with van der Waals surface area (Å²) in [6, 6.07) is 7.20. The molecule has 1 aliphatic heterocycles. The third-order valence-electron chi connectivity index (χ3n) is 2.52. The minimum atomic E-state index is -0.366. The van der Waals surface area contributed by atoms with Gasteiger partial charge in [-0.1, -0.05) is 18.2 Å². The molecule has 1 aliphatic rings. The first-order chi connectivity index (χ1) is 7.77. The maximum absolute atomic E-state index is 11.6. The third-order valence-corrected chi connectivity index (χ3v) is 2.52. The first kappa shape index (κ1) is 10.5. The number of hydrogen-bond acceptors (Lipinski definition) is 3. The Morgan fingerprint density at radius 2 is 2.31 bits per heavy atom. The minimum absolute atomic E-state index is 0.135. The molecule has 0 spiro atoms. The number of amides is 1. The number of nitrogens with zero attached hydrogens (tertiary/aromatic N) is 1. The molecule has 0 unspecified atom stereocenters. The van der Waals surface area contributed by atoms with E-state index in [0.29, 0.717) is 18.0 Å². The average molecular weight is 219 g/mol. The van der Waals surface area contributed by atoms with Crippen LogP contribution in [0.4, 0.5) is 10.5 Å². The van der Waals surface area contributed by atoms with Crippen molar-refractivity contribution in [1.29, 1.82) is 0 Å². The Labute approximate surface area is 94.1 Å². The Morgan fingerprint density at radius 1 is 1.56 bits per heavy atom. The van der Waals surface area contributed by atoms with Crippen LogP contribution in [0.1, 0.15) is 0 Å². The predicted molar refractivity (Wildman–Crippen MR) is 60.8 cm³/mol. The van der Waals surface area contributed by atoms with Crippen molar-refractivity contribution in [3.63, 3.8) is 0 Å². The van der Waals surface area contributed by atoms with E-state index >= 15 is 0 Å². The summed E-state index contributed by atoms with van der Waals surface area (Å²) in [4.78, 5) is 13.2. The number of cyclic esters (lactones) is 1. The first-order valence-electron chi connectivity index (χ1n) is 4.99. The van der Waals surface area contributed by atoms with Crippen molar-refractivity contribution in [3.8, 4) is 5.75 Å². The lowest BCUT2D eigenvalue weighted by Gasteiger charge is -2.20. The highest BCUT2D eigenvalue weighted by molar-refractivity contribution is 5.92. The highest BCUT2D eigenvalue weighted by Gasteiger charge is 2.33. The molecule has 0 saturated carbocycles. The second-order valence-electron chi connectivity index (χ2n) is 3.42. The largest absolute Gasteiger partial charge is 0.495 e. The van der Waals surface area contributed by atoms with Crippen LogP contribution < -0.4 is 9.64 Å². The molecule has 0 aliphatic carbocycles. The molecule has 1 aromatic carbocycles. The minimum Gasteiger partial charge on any atom is -0.495 e. The molecule has 16 heavy (non-hydrogen) atoms. The zero-order chi connectivity index (χ0) is 11.5. The van der Waals surface area contributed by atoms with Gasteiger partial charge in [-0.05, 0) is 12.1 Å². The maximum atomic E-state index is 11.6. The van der Waals surface area contributed by atoms with Crippen molar-refractivity contribution in [2.45, 2.75) is 6.04 Å². The highest BCUT2D eigenvalue weighted by Crippen LogP contribution is 2.32. The summed E-state index contributed by atoms with van der Waals surface area (Å²) >= 11 is 0. The van der Waals surface area contributed by atoms with E-state index in [-0.39, 0.29) is 12.1 Å². The van der Waals surface area contributed by atoms with E-state index in [4.69, 9.17) is 9.47 Å². The number of carbonyl (C=O) groups excluding carboxylic acids is 1. The summed E-state index contributed by atoms with van der Waals surface area (Å²) < 4.78 is 10.2. The van der Waals surface area contributed by atoms with E-state index < -0.39 is 0 Å². The summed E-state index contributed by atoms with van der Waals surface area (Å²) in [5, 5.41) is 0. The smallest absolute Gasteiger partial charge is 0.415 e. The Hall–Kier alpha value is -1.97. The van der Waals surface area contributed by atoms with Crippen LogP contribution in [0.5, 0.6) is 5.75 Å². The molecule has 0 bridgehead atoms. The molecule has 84 valence electrons. The second kappa shape index (κ2) is 4.26. The first-order valence-corrected chi connectivity index (χ1v) is 4.99. The van der Waals surface area contributed by atoms with E-state index in [0.717, 1.165) is 0 Å². The van der Waals surface area contributed by atoms with Gasteiger partial charge in [0.05, 0.1) is 18.8 Å². The number of anilines is 1. The highest BCUT2D eigenvalue weighted by atomic mass is 16.6. The van der Waals surface area contributed by atoms with Gasteiger partial charge in [-0.15, -0.1) is 6.58 Å². The number of benzene rings is 1. The number of para-hydroxylation sites is 2. The van der Waals surface area contributed by atoms with Crippen molar-refractivity contribution in [1.82, 2.24) is 0 Å². The van der Waals surface area contributed by atoms with E-state index in [1.54, 1.807) is 24.2 Å². The van der Waals surface area contributed by atoms with Gasteiger partial charge < -0.3 is 9.47 Å². The molecular weight excluding hydrogens is 206 g/mol. The molecule has 1 saturated heterocycles. The summed E-state index contributed by atoms with van der Waals surface area (Å²) in [6.45, 7) is 4.03.